The van der Waals surface area contributed by atoms with Crippen molar-refractivity contribution < 1.29 is 9.53 Å². The normalized spacial score (nSPS) is 11.0. The average Bonchev–Trinajstić information content (AvgIpc) is 3.00. The predicted octanol–water partition coefficient (Wildman–Crippen LogP) is 1.99. The van der Waals surface area contributed by atoms with Crippen molar-refractivity contribution in [3.63, 3.8) is 0 Å². The van der Waals surface area contributed by atoms with Crippen LogP contribution < -0.4 is 0 Å². The van der Waals surface area contributed by atoms with Crippen LogP contribution in [0.1, 0.15) is 16.2 Å². The van der Waals surface area contributed by atoms with Gasteiger partial charge in [-0.05, 0) is 28.9 Å². The first-order valence-corrected chi connectivity index (χ1v) is 6.93. The van der Waals surface area contributed by atoms with Crippen LogP contribution in [0.15, 0.2) is 22.9 Å². The van der Waals surface area contributed by atoms with Gasteiger partial charge in [0.05, 0.1) is 29.2 Å². The van der Waals surface area contributed by atoms with Crippen LogP contribution in [0.25, 0.3) is 16.9 Å². The molecule has 0 aliphatic rings. The van der Waals surface area contributed by atoms with Crippen molar-refractivity contribution in [2.24, 2.45) is 7.05 Å². The Balaban J connectivity index is 2.31. The number of hydrogen-bond acceptors (Lipinski definition) is 5. The smallest absolute Gasteiger partial charge is 0.356 e. The van der Waals surface area contributed by atoms with Crippen LogP contribution in [-0.2, 0) is 11.8 Å². The highest BCUT2D eigenvalue weighted by atomic mass is 79.9. The largest absolute Gasteiger partial charge is 0.464 e. The summed E-state index contributed by atoms with van der Waals surface area (Å²) in [6, 6.07) is 1.66. The van der Waals surface area contributed by atoms with Crippen LogP contribution in [0.4, 0.5) is 0 Å². The Kier molecular flexibility index (Phi) is 3.25. The monoisotopic (exact) mass is 349 g/mol. The first-order valence-electron chi connectivity index (χ1n) is 6.14. The molecule has 0 aliphatic heterocycles. The summed E-state index contributed by atoms with van der Waals surface area (Å²) in [5.41, 5.74) is 3.20. The van der Waals surface area contributed by atoms with E-state index in [1.165, 1.54) is 11.6 Å². The second-order valence-electron chi connectivity index (χ2n) is 4.55. The lowest BCUT2D eigenvalue weighted by molar-refractivity contribution is 0.0590. The zero-order valence-corrected chi connectivity index (χ0v) is 13.2. The van der Waals surface area contributed by atoms with Gasteiger partial charge in [-0.25, -0.2) is 14.3 Å². The van der Waals surface area contributed by atoms with Gasteiger partial charge in [0.25, 0.3) is 0 Å². The van der Waals surface area contributed by atoms with Crippen molar-refractivity contribution >= 4 is 27.5 Å². The maximum atomic E-state index is 12.0. The molecule has 3 heterocycles. The Labute approximate surface area is 128 Å². The molecule has 0 saturated carbocycles. The number of halogens is 1. The molecule has 108 valence electrons. The number of hydrogen-bond donors (Lipinski definition) is 0. The second-order valence-corrected chi connectivity index (χ2v) is 5.40. The minimum Gasteiger partial charge on any atom is -0.464 e. The molecule has 0 aromatic carbocycles. The number of methoxy groups -OCH3 is 1. The van der Waals surface area contributed by atoms with Crippen molar-refractivity contribution in [2.75, 3.05) is 7.11 Å². The Morgan fingerprint density at radius 2 is 2.19 bits per heavy atom. The Morgan fingerprint density at radius 3 is 2.81 bits per heavy atom. The molecular weight excluding hydrogens is 338 g/mol. The molecule has 3 rings (SSSR count). The molecular formula is C13H12BrN5O2. The van der Waals surface area contributed by atoms with E-state index < -0.39 is 5.97 Å². The fourth-order valence-electron chi connectivity index (χ4n) is 2.18. The number of carbonyl (C=O) groups excluding carboxylic acids is 1. The highest BCUT2D eigenvalue weighted by molar-refractivity contribution is 9.10. The summed E-state index contributed by atoms with van der Waals surface area (Å²) in [5.74, 6) is -0.471. The van der Waals surface area contributed by atoms with Crippen molar-refractivity contribution in [2.45, 2.75) is 6.92 Å². The van der Waals surface area contributed by atoms with E-state index in [1.54, 1.807) is 16.9 Å². The van der Waals surface area contributed by atoms with E-state index in [-0.39, 0.29) is 0 Å². The number of nitrogens with zero attached hydrogens (tertiary/aromatic N) is 5. The lowest BCUT2D eigenvalue weighted by atomic mass is 10.1. The Bertz CT molecular complexity index is 852. The van der Waals surface area contributed by atoms with E-state index in [0.29, 0.717) is 21.5 Å². The minimum absolute atomic E-state index is 0.312. The number of aryl methyl sites for hydroxylation is 2. The fourth-order valence-corrected chi connectivity index (χ4v) is 2.52. The summed E-state index contributed by atoms with van der Waals surface area (Å²) >= 11 is 3.38. The van der Waals surface area contributed by atoms with Gasteiger partial charge in [-0.2, -0.15) is 10.2 Å². The summed E-state index contributed by atoms with van der Waals surface area (Å²) < 4.78 is 8.68. The van der Waals surface area contributed by atoms with Crippen molar-refractivity contribution in [1.82, 2.24) is 24.4 Å². The molecule has 8 heteroatoms. The van der Waals surface area contributed by atoms with E-state index in [2.05, 4.69) is 31.1 Å². The fraction of sp³-hybridized carbons (Fsp3) is 0.231. The van der Waals surface area contributed by atoms with Gasteiger partial charge < -0.3 is 4.74 Å². The van der Waals surface area contributed by atoms with Crippen LogP contribution in [0.2, 0.25) is 0 Å². The first-order chi connectivity index (χ1) is 10.0. The lowest BCUT2D eigenvalue weighted by Gasteiger charge is -2.06. The SMILES string of the molecule is COC(=O)c1cc(-c2cn(C)nc2C)nc2c(Br)cnn12. The molecule has 0 atom stereocenters. The standard InChI is InChI=1S/C13H12BrN5O2/c1-7-8(6-18(2)17-7)10-4-11(13(20)21-3)19-12(16-10)9(14)5-15-19/h4-6H,1-3H3. The molecule has 0 fully saturated rings. The molecule has 0 amide bonds. The number of rotatable bonds is 2. The van der Waals surface area contributed by atoms with Gasteiger partial charge in [0.15, 0.2) is 11.3 Å². The average molecular weight is 350 g/mol. The van der Waals surface area contributed by atoms with Gasteiger partial charge in [0.1, 0.15) is 0 Å². The highest BCUT2D eigenvalue weighted by Gasteiger charge is 2.18. The highest BCUT2D eigenvalue weighted by Crippen LogP contribution is 2.25. The van der Waals surface area contributed by atoms with E-state index >= 15 is 0 Å². The summed E-state index contributed by atoms with van der Waals surface area (Å²) in [6.45, 7) is 1.89. The molecule has 0 spiro atoms. The first kappa shape index (κ1) is 13.7. The van der Waals surface area contributed by atoms with Gasteiger partial charge in [0.2, 0.25) is 0 Å². The van der Waals surface area contributed by atoms with E-state index in [1.807, 2.05) is 20.2 Å². The van der Waals surface area contributed by atoms with Gasteiger partial charge in [0, 0.05) is 18.8 Å². The predicted molar refractivity (Wildman–Crippen MR) is 79.0 cm³/mol. The molecule has 3 aromatic heterocycles. The third-order valence-corrected chi connectivity index (χ3v) is 3.67. The third kappa shape index (κ3) is 2.21. The zero-order valence-electron chi connectivity index (χ0n) is 11.7. The molecule has 0 bridgehead atoms. The number of carbonyl (C=O) groups is 1. The number of ether oxygens (including phenoxy) is 1. The van der Waals surface area contributed by atoms with Crippen LogP contribution in [0, 0.1) is 6.92 Å². The molecule has 21 heavy (non-hydrogen) atoms. The van der Waals surface area contributed by atoms with E-state index in [0.717, 1.165) is 11.3 Å². The summed E-state index contributed by atoms with van der Waals surface area (Å²) in [6.07, 6.45) is 3.45. The second kappa shape index (κ2) is 4.96. The van der Waals surface area contributed by atoms with Crippen LogP contribution >= 0.6 is 15.9 Å². The van der Waals surface area contributed by atoms with Crippen molar-refractivity contribution in [1.29, 1.82) is 0 Å². The van der Waals surface area contributed by atoms with E-state index in [4.69, 9.17) is 4.74 Å². The van der Waals surface area contributed by atoms with E-state index in [9.17, 15) is 4.79 Å². The molecule has 0 aliphatic carbocycles. The zero-order chi connectivity index (χ0) is 15.1. The van der Waals surface area contributed by atoms with Crippen LogP contribution in [0.5, 0.6) is 0 Å². The van der Waals surface area contributed by atoms with Gasteiger partial charge in [-0.15, -0.1) is 0 Å². The Hall–Kier alpha value is -2.22. The van der Waals surface area contributed by atoms with Crippen LogP contribution in [0.3, 0.4) is 0 Å². The molecule has 0 N–H and O–H groups in total. The number of fused-ring (bicyclic) bond motifs is 1. The lowest BCUT2D eigenvalue weighted by Crippen LogP contribution is -2.10. The number of aromatic nitrogens is 5. The van der Waals surface area contributed by atoms with Crippen molar-refractivity contribution in [3.8, 4) is 11.3 Å². The molecule has 3 aromatic rings. The molecule has 0 unspecified atom stereocenters. The molecule has 0 radical (unpaired) electrons. The summed E-state index contributed by atoms with van der Waals surface area (Å²) in [5, 5.41) is 8.43. The number of esters is 1. The van der Waals surface area contributed by atoms with Gasteiger partial charge in [-0.3, -0.25) is 4.68 Å². The molecule has 7 nitrogen and oxygen atoms in total. The Morgan fingerprint density at radius 1 is 1.43 bits per heavy atom. The summed E-state index contributed by atoms with van der Waals surface area (Å²) in [4.78, 5) is 16.5. The van der Waals surface area contributed by atoms with Gasteiger partial charge in [-0.1, -0.05) is 0 Å². The summed E-state index contributed by atoms with van der Waals surface area (Å²) in [7, 11) is 3.17. The topological polar surface area (TPSA) is 74.3 Å². The quantitative estimate of drug-likeness (QED) is 0.661. The van der Waals surface area contributed by atoms with Crippen LogP contribution in [-0.4, -0.2) is 37.5 Å². The maximum absolute atomic E-state index is 12.0. The van der Waals surface area contributed by atoms with Crippen molar-refractivity contribution in [3.05, 3.63) is 34.3 Å². The third-order valence-electron chi connectivity index (χ3n) is 3.11. The maximum Gasteiger partial charge on any atom is 0.356 e. The van der Waals surface area contributed by atoms with Gasteiger partial charge >= 0.3 is 5.97 Å². The molecule has 0 saturated heterocycles. The minimum atomic E-state index is -0.471.